The van der Waals surface area contributed by atoms with Gasteiger partial charge in [-0.05, 0) is 60.7 Å². The van der Waals surface area contributed by atoms with Gasteiger partial charge in [0.25, 0.3) is 11.8 Å². The molecule has 0 fully saturated rings. The number of carbonyl (C=O) groups is 3. The lowest BCUT2D eigenvalue weighted by atomic mass is 10.1. The second-order valence-corrected chi connectivity index (χ2v) is 10.0. The number of amides is 3. The molecule has 0 atom stereocenters. The Balaban J connectivity index is 1.47. The minimum atomic E-state index is -0.688. The van der Waals surface area contributed by atoms with E-state index in [4.69, 9.17) is 16.3 Å². The van der Waals surface area contributed by atoms with Crippen LogP contribution in [0.4, 0.5) is 15.8 Å². The first kappa shape index (κ1) is 29.4. The van der Waals surface area contributed by atoms with Crippen LogP contribution in [-0.2, 0) is 9.59 Å². The van der Waals surface area contributed by atoms with E-state index in [9.17, 15) is 18.8 Å². The van der Waals surface area contributed by atoms with Gasteiger partial charge in [-0.2, -0.15) is 0 Å². The van der Waals surface area contributed by atoms with Gasteiger partial charge in [-0.3, -0.25) is 14.4 Å². The minimum Gasteiger partial charge on any atom is -0.497 e. The van der Waals surface area contributed by atoms with Gasteiger partial charge in [-0.1, -0.05) is 48.0 Å². The van der Waals surface area contributed by atoms with Gasteiger partial charge >= 0.3 is 0 Å². The van der Waals surface area contributed by atoms with Crippen molar-refractivity contribution in [1.29, 1.82) is 0 Å². The van der Waals surface area contributed by atoms with Gasteiger partial charge in [0.05, 0.1) is 17.9 Å². The van der Waals surface area contributed by atoms with Crippen LogP contribution in [0.15, 0.2) is 108 Å². The maximum absolute atomic E-state index is 14.5. The summed E-state index contributed by atoms with van der Waals surface area (Å²) in [5.41, 5.74) is 1.09. The molecule has 4 aromatic carbocycles. The van der Waals surface area contributed by atoms with Gasteiger partial charge in [-0.15, -0.1) is 11.8 Å². The summed E-state index contributed by atoms with van der Waals surface area (Å²) >= 11 is 7.44. The van der Waals surface area contributed by atoms with Gasteiger partial charge in [0.2, 0.25) is 5.91 Å². The molecule has 0 aliphatic carbocycles. The van der Waals surface area contributed by atoms with Crippen LogP contribution >= 0.6 is 23.4 Å². The molecule has 208 valence electrons. The number of hydrogen-bond acceptors (Lipinski definition) is 5. The van der Waals surface area contributed by atoms with Crippen molar-refractivity contribution in [1.82, 2.24) is 5.32 Å². The van der Waals surface area contributed by atoms with Gasteiger partial charge in [0, 0.05) is 33.5 Å². The fourth-order valence-electron chi connectivity index (χ4n) is 3.64. The lowest BCUT2D eigenvalue weighted by Gasteiger charge is -2.13. The standard InChI is InChI=1S/C31H25ClFN3O4S/c1-40-23-12-5-10-21(16-23)34-29(37)19-41-24-13-6-11-22(17-24)35-31(39)28(18-25-26(32)14-7-15-27(25)33)36-30(38)20-8-3-2-4-9-20/h2-18H,19H2,1H3,(H,34,37)(H,35,39)(H,36,38)/b28-18+. The number of methoxy groups -OCH3 is 1. The summed E-state index contributed by atoms with van der Waals surface area (Å²) in [6.45, 7) is 0. The second-order valence-electron chi connectivity index (χ2n) is 8.56. The molecule has 4 aromatic rings. The fraction of sp³-hybridized carbons (Fsp3) is 0.0645. The van der Waals surface area contributed by atoms with Crippen LogP contribution in [0.2, 0.25) is 5.02 Å². The summed E-state index contributed by atoms with van der Waals surface area (Å²) in [7, 11) is 1.55. The predicted molar refractivity (Wildman–Crippen MR) is 161 cm³/mol. The third-order valence-electron chi connectivity index (χ3n) is 5.63. The molecule has 0 aliphatic heterocycles. The zero-order valence-corrected chi connectivity index (χ0v) is 23.4. The normalized spacial score (nSPS) is 11.0. The number of benzene rings is 4. The summed E-state index contributed by atoms with van der Waals surface area (Å²) in [6, 6.07) is 26.3. The molecule has 0 saturated heterocycles. The Hall–Kier alpha value is -4.60. The van der Waals surface area contributed by atoms with Crippen LogP contribution in [-0.4, -0.2) is 30.6 Å². The van der Waals surface area contributed by atoms with Gasteiger partial charge < -0.3 is 20.7 Å². The molecular weight excluding hydrogens is 565 g/mol. The van der Waals surface area contributed by atoms with Crippen LogP contribution in [0.25, 0.3) is 6.08 Å². The molecule has 3 amide bonds. The Morgan fingerprint density at radius 1 is 0.878 bits per heavy atom. The topological polar surface area (TPSA) is 96.5 Å². The van der Waals surface area contributed by atoms with E-state index in [1.807, 2.05) is 0 Å². The molecule has 10 heteroatoms. The van der Waals surface area contributed by atoms with Crippen molar-refractivity contribution in [2.75, 3.05) is 23.5 Å². The maximum Gasteiger partial charge on any atom is 0.272 e. The molecule has 0 radical (unpaired) electrons. The van der Waals surface area contributed by atoms with Crippen LogP contribution in [0, 0.1) is 5.82 Å². The highest BCUT2D eigenvalue weighted by molar-refractivity contribution is 8.00. The number of nitrogens with one attached hydrogen (secondary N) is 3. The summed E-state index contributed by atoms with van der Waals surface area (Å²) in [4.78, 5) is 39.3. The van der Waals surface area contributed by atoms with Crippen molar-refractivity contribution >= 4 is 58.5 Å². The number of thioether (sulfide) groups is 1. The molecule has 41 heavy (non-hydrogen) atoms. The third kappa shape index (κ3) is 8.44. The highest BCUT2D eigenvalue weighted by atomic mass is 35.5. The zero-order chi connectivity index (χ0) is 29.2. The Labute approximate surface area is 245 Å². The van der Waals surface area contributed by atoms with Crippen molar-refractivity contribution in [3.8, 4) is 5.75 Å². The first-order chi connectivity index (χ1) is 19.8. The molecule has 0 aromatic heterocycles. The monoisotopic (exact) mass is 589 g/mol. The van der Waals surface area contributed by atoms with Crippen LogP contribution < -0.4 is 20.7 Å². The number of ether oxygens (including phenoxy) is 1. The minimum absolute atomic E-state index is 0.0426. The summed E-state index contributed by atoms with van der Waals surface area (Å²) in [5.74, 6) is -1.35. The number of rotatable bonds is 10. The van der Waals surface area contributed by atoms with E-state index in [1.54, 1.807) is 86.0 Å². The molecule has 0 spiro atoms. The molecule has 7 nitrogen and oxygen atoms in total. The Kier molecular flexibility index (Phi) is 10.1. The fourth-order valence-corrected chi connectivity index (χ4v) is 4.62. The van der Waals surface area contributed by atoms with Crippen LogP contribution in [0.1, 0.15) is 15.9 Å². The smallest absolute Gasteiger partial charge is 0.272 e. The quantitative estimate of drug-likeness (QED) is 0.143. The lowest BCUT2D eigenvalue weighted by molar-refractivity contribution is -0.114. The number of anilines is 2. The third-order valence-corrected chi connectivity index (χ3v) is 6.96. The largest absolute Gasteiger partial charge is 0.497 e. The van der Waals surface area contributed by atoms with Crippen molar-refractivity contribution in [2.24, 2.45) is 0 Å². The van der Waals surface area contributed by atoms with Gasteiger partial charge in [0.15, 0.2) is 0 Å². The Morgan fingerprint density at radius 3 is 2.32 bits per heavy atom. The van der Waals surface area contributed by atoms with Crippen LogP contribution in [0.3, 0.4) is 0 Å². The van der Waals surface area contributed by atoms with E-state index in [0.29, 0.717) is 22.7 Å². The van der Waals surface area contributed by atoms with E-state index in [2.05, 4.69) is 16.0 Å². The molecule has 0 unspecified atom stereocenters. The molecule has 0 bridgehead atoms. The van der Waals surface area contributed by atoms with Gasteiger partial charge in [-0.25, -0.2) is 4.39 Å². The van der Waals surface area contributed by atoms with E-state index < -0.39 is 17.6 Å². The molecule has 0 saturated carbocycles. The highest BCUT2D eigenvalue weighted by Gasteiger charge is 2.17. The summed E-state index contributed by atoms with van der Waals surface area (Å²) in [6.07, 6.45) is 1.19. The predicted octanol–water partition coefficient (Wildman–Crippen LogP) is 6.63. The zero-order valence-electron chi connectivity index (χ0n) is 21.8. The molecule has 0 heterocycles. The van der Waals surface area contributed by atoms with Crippen molar-refractivity contribution < 1.29 is 23.5 Å². The van der Waals surface area contributed by atoms with E-state index in [1.165, 1.54) is 36.0 Å². The van der Waals surface area contributed by atoms with Crippen molar-refractivity contribution in [3.05, 3.63) is 125 Å². The molecule has 0 aliphatic rings. The average Bonchev–Trinajstić information content (AvgIpc) is 2.98. The first-order valence-electron chi connectivity index (χ1n) is 12.3. The van der Waals surface area contributed by atoms with E-state index in [-0.39, 0.29) is 27.9 Å². The Morgan fingerprint density at radius 2 is 1.59 bits per heavy atom. The molecule has 4 rings (SSSR count). The number of halogens is 2. The van der Waals surface area contributed by atoms with Crippen molar-refractivity contribution in [2.45, 2.75) is 4.90 Å². The highest BCUT2D eigenvalue weighted by Crippen LogP contribution is 2.25. The van der Waals surface area contributed by atoms with E-state index in [0.717, 1.165) is 4.90 Å². The molecule has 3 N–H and O–H groups in total. The second kappa shape index (κ2) is 14.2. The average molecular weight is 590 g/mol. The number of carbonyl (C=O) groups excluding carboxylic acids is 3. The SMILES string of the molecule is COc1cccc(NC(=O)CSc2cccc(NC(=O)/C(=C\c3c(F)cccc3Cl)NC(=O)c3ccccc3)c2)c1. The van der Waals surface area contributed by atoms with E-state index >= 15 is 0 Å². The number of hydrogen-bond donors (Lipinski definition) is 3. The van der Waals surface area contributed by atoms with Crippen LogP contribution in [0.5, 0.6) is 5.75 Å². The maximum atomic E-state index is 14.5. The summed E-state index contributed by atoms with van der Waals surface area (Å²) in [5, 5.41) is 8.18. The Bertz CT molecular complexity index is 1580. The van der Waals surface area contributed by atoms with Gasteiger partial charge in [0.1, 0.15) is 17.3 Å². The first-order valence-corrected chi connectivity index (χ1v) is 13.7. The summed E-state index contributed by atoms with van der Waals surface area (Å²) < 4.78 is 19.7. The van der Waals surface area contributed by atoms with Crippen molar-refractivity contribution in [3.63, 3.8) is 0 Å². The molecular formula is C31H25ClFN3O4S. The lowest BCUT2D eigenvalue weighted by Crippen LogP contribution is -2.30.